The quantitative estimate of drug-likeness (QED) is 0.380. The predicted molar refractivity (Wildman–Crippen MR) is 143 cm³/mol. The molecule has 1 N–H and O–H groups in total. The number of nitrogens with zero attached hydrogens (tertiary/aromatic N) is 4. The molecule has 1 fully saturated rings. The van der Waals surface area contributed by atoms with Crippen LogP contribution in [0.25, 0.3) is 21.8 Å². The van der Waals surface area contributed by atoms with E-state index in [2.05, 4.69) is 44.5 Å². The minimum absolute atomic E-state index is 0.000134. The van der Waals surface area contributed by atoms with Crippen LogP contribution in [0.5, 0.6) is 5.75 Å². The number of piperidine rings is 1. The molecule has 0 aliphatic carbocycles. The Balaban J connectivity index is 1.11. The highest BCUT2D eigenvalue weighted by Gasteiger charge is 2.26. The highest BCUT2D eigenvalue weighted by molar-refractivity contribution is 7.13. The first-order valence-corrected chi connectivity index (χ1v) is 13.0. The summed E-state index contributed by atoms with van der Waals surface area (Å²) in [7, 11) is 1.65. The van der Waals surface area contributed by atoms with Crippen molar-refractivity contribution in [2.45, 2.75) is 26.3 Å². The number of thiazole rings is 1. The molecule has 0 unspecified atom stereocenters. The van der Waals surface area contributed by atoms with Crippen LogP contribution in [0.3, 0.4) is 0 Å². The summed E-state index contributed by atoms with van der Waals surface area (Å²) in [5.74, 6) is 1.77. The molecule has 36 heavy (non-hydrogen) atoms. The zero-order valence-corrected chi connectivity index (χ0v) is 21.3. The largest absolute Gasteiger partial charge is 0.497 e. The second-order valence-corrected chi connectivity index (χ2v) is 9.80. The summed E-state index contributed by atoms with van der Waals surface area (Å²) in [6.07, 6.45) is 1.59. The van der Waals surface area contributed by atoms with Crippen molar-refractivity contribution in [3.05, 3.63) is 77.3 Å². The molecule has 2 aromatic heterocycles. The van der Waals surface area contributed by atoms with Crippen LogP contribution in [0.2, 0.25) is 0 Å². The van der Waals surface area contributed by atoms with Crippen molar-refractivity contribution >= 4 is 23.1 Å². The monoisotopic (exact) mass is 499 g/mol. The van der Waals surface area contributed by atoms with Crippen molar-refractivity contribution in [2.75, 3.05) is 25.1 Å². The van der Waals surface area contributed by atoms with Gasteiger partial charge in [0.2, 0.25) is 5.91 Å². The topological polar surface area (TPSA) is 80.2 Å². The Hall–Kier alpha value is -3.78. The van der Waals surface area contributed by atoms with Gasteiger partial charge in [-0.1, -0.05) is 24.3 Å². The number of rotatable bonds is 7. The highest BCUT2D eigenvalue weighted by Crippen LogP contribution is 2.27. The molecule has 7 nitrogen and oxygen atoms in total. The first-order valence-electron chi connectivity index (χ1n) is 12.1. The molecule has 1 amide bonds. The Labute approximate surface area is 215 Å². The maximum atomic E-state index is 12.8. The van der Waals surface area contributed by atoms with E-state index < -0.39 is 0 Å². The van der Waals surface area contributed by atoms with E-state index in [0.717, 1.165) is 65.0 Å². The maximum absolute atomic E-state index is 12.8. The molecule has 0 saturated carbocycles. The summed E-state index contributed by atoms with van der Waals surface area (Å²) in [5, 5.41) is 14.9. The molecule has 1 saturated heterocycles. The van der Waals surface area contributed by atoms with Crippen molar-refractivity contribution in [1.82, 2.24) is 20.5 Å². The molecule has 8 heteroatoms. The van der Waals surface area contributed by atoms with E-state index >= 15 is 0 Å². The van der Waals surface area contributed by atoms with Gasteiger partial charge in [-0.05, 0) is 61.7 Å². The van der Waals surface area contributed by atoms with Gasteiger partial charge in [0.05, 0.1) is 25.0 Å². The molecule has 0 atom stereocenters. The lowest BCUT2D eigenvalue weighted by Gasteiger charge is -2.31. The molecule has 4 aromatic rings. The zero-order chi connectivity index (χ0) is 24.9. The molecule has 0 bridgehead atoms. The second kappa shape index (κ2) is 10.9. The molecule has 0 spiro atoms. The van der Waals surface area contributed by atoms with Crippen molar-refractivity contribution in [1.29, 1.82) is 0 Å². The molecular formula is C28H29N5O2S. The molecular weight excluding hydrogens is 470 g/mol. The van der Waals surface area contributed by atoms with Gasteiger partial charge < -0.3 is 15.0 Å². The lowest BCUT2D eigenvalue weighted by atomic mass is 9.96. The number of carbonyl (C=O) groups excluding carboxylic acids is 1. The minimum atomic E-state index is 0.000134. The first-order chi connectivity index (χ1) is 17.6. The van der Waals surface area contributed by atoms with Crippen molar-refractivity contribution in [2.24, 2.45) is 5.92 Å². The fraction of sp³-hybridized carbons (Fsp3) is 0.286. The lowest BCUT2D eigenvalue weighted by molar-refractivity contribution is -0.125. The van der Waals surface area contributed by atoms with Gasteiger partial charge >= 0.3 is 0 Å². The highest BCUT2D eigenvalue weighted by atomic mass is 32.1. The third-order valence-corrected chi connectivity index (χ3v) is 7.53. The SMILES string of the molecule is COc1ccc(-c2nc(CNC(=O)C3CCN(c4ccc(-c5ccccc5C)nn4)CC3)cs2)cc1. The van der Waals surface area contributed by atoms with Gasteiger partial charge in [-0.15, -0.1) is 21.5 Å². The van der Waals surface area contributed by atoms with Crippen molar-refractivity contribution in [3.63, 3.8) is 0 Å². The van der Waals surface area contributed by atoms with Gasteiger partial charge in [0.25, 0.3) is 0 Å². The summed E-state index contributed by atoms with van der Waals surface area (Å²) in [4.78, 5) is 19.7. The molecule has 1 aliphatic heterocycles. The molecule has 5 rings (SSSR count). The van der Waals surface area contributed by atoms with E-state index in [1.165, 1.54) is 5.56 Å². The number of hydrogen-bond acceptors (Lipinski definition) is 7. The van der Waals surface area contributed by atoms with Gasteiger partial charge in [-0.25, -0.2) is 4.98 Å². The summed E-state index contributed by atoms with van der Waals surface area (Å²) >= 11 is 1.58. The molecule has 1 aliphatic rings. The third kappa shape index (κ3) is 5.39. The number of benzene rings is 2. The van der Waals surface area contributed by atoms with Gasteiger partial charge in [0, 0.05) is 35.5 Å². The number of nitrogens with one attached hydrogen (secondary N) is 1. The molecule has 184 valence electrons. The number of amides is 1. The van der Waals surface area contributed by atoms with Gasteiger partial charge in [-0.3, -0.25) is 4.79 Å². The van der Waals surface area contributed by atoms with E-state index in [-0.39, 0.29) is 11.8 Å². The summed E-state index contributed by atoms with van der Waals surface area (Å²) < 4.78 is 5.22. The average Bonchev–Trinajstić information content (AvgIpc) is 3.41. The average molecular weight is 500 g/mol. The Morgan fingerprint density at radius 1 is 1.06 bits per heavy atom. The summed E-state index contributed by atoms with van der Waals surface area (Å²) in [6.45, 7) is 4.09. The number of ether oxygens (including phenoxy) is 1. The number of carbonyl (C=O) groups is 1. The number of anilines is 1. The zero-order valence-electron chi connectivity index (χ0n) is 20.5. The Morgan fingerprint density at radius 2 is 1.83 bits per heavy atom. The van der Waals surface area contributed by atoms with Gasteiger partial charge in [-0.2, -0.15) is 0 Å². The van der Waals surface area contributed by atoms with Crippen molar-refractivity contribution < 1.29 is 9.53 Å². The van der Waals surface area contributed by atoms with E-state index in [4.69, 9.17) is 4.74 Å². The van der Waals surface area contributed by atoms with Crippen LogP contribution in [-0.2, 0) is 11.3 Å². The number of methoxy groups -OCH3 is 1. The smallest absolute Gasteiger partial charge is 0.223 e. The Bertz CT molecular complexity index is 1310. The van der Waals surface area contributed by atoms with Crippen LogP contribution >= 0.6 is 11.3 Å². The standard InChI is InChI=1S/C28H29N5O2S/c1-19-5-3-4-6-24(19)25-11-12-26(32-31-25)33-15-13-20(14-16-33)27(34)29-17-22-18-36-28(30-22)21-7-9-23(35-2)10-8-21/h3-12,18,20H,13-17H2,1-2H3,(H,29,34). The predicted octanol–water partition coefficient (Wildman–Crippen LogP) is 5.12. The lowest BCUT2D eigenvalue weighted by Crippen LogP contribution is -2.40. The van der Waals surface area contributed by atoms with E-state index in [0.29, 0.717) is 6.54 Å². The number of aromatic nitrogens is 3. The molecule has 0 radical (unpaired) electrons. The van der Waals surface area contributed by atoms with Crippen LogP contribution < -0.4 is 15.0 Å². The van der Waals surface area contributed by atoms with Crippen molar-refractivity contribution in [3.8, 4) is 27.6 Å². The normalized spacial score (nSPS) is 14.0. The van der Waals surface area contributed by atoms with Crippen LogP contribution in [0.1, 0.15) is 24.1 Å². The van der Waals surface area contributed by atoms with E-state index in [1.54, 1.807) is 18.4 Å². The second-order valence-electron chi connectivity index (χ2n) is 8.94. The van der Waals surface area contributed by atoms with Gasteiger partial charge in [0.15, 0.2) is 5.82 Å². The molecule has 3 heterocycles. The summed E-state index contributed by atoms with van der Waals surface area (Å²) in [6, 6.07) is 20.1. The van der Waals surface area contributed by atoms with Gasteiger partial charge in [0.1, 0.15) is 10.8 Å². The van der Waals surface area contributed by atoms with Crippen LogP contribution in [0, 0.1) is 12.8 Å². The Morgan fingerprint density at radius 3 is 2.53 bits per heavy atom. The number of aryl methyl sites for hydroxylation is 1. The minimum Gasteiger partial charge on any atom is -0.497 e. The third-order valence-electron chi connectivity index (χ3n) is 6.59. The first kappa shape index (κ1) is 23.9. The van der Waals surface area contributed by atoms with E-state index in [9.17, 15) is 4.79 Å². The van der Waals surface area contributed by atoms with Crippen LogP contribution in [0.4, 0.5) is 5.82 Å². The fourth-order valence-electron chi connectivity index (χ4n) is 4.44. The number of hydrogen-bond donors (Lipinski definition) is 1. The Kier molecular flexibility index (Phi) is 7.23. The van der Waals surface area contributed by atoms with Crippen LogP contribution in [-0.4, -0.2) is 41.3 Å². The molecule has 2 aromatic carbocycles. The van der Waals surface area contributed by atoms with E-state index in [1.807, 2.05) is 53.9 Å². The van der Waals surface area contributed by atoms with Crippen LogP contribution in [0.15, 0.2) is 66.0 Å². The maximum Gasteiger partial charge on any atom is 0.223 e. The fourth-order valence-corrected chi connectivity index (χ4v) is 5.27. The summed E-state index contributed by atoms with van der Waals surface area (Å²) in [5.41, 5.74) is 5.08.